The summed E-state index contributed by atoms with van der Waals surface area (Å²) in [6.07, 6.45) is 1.47. The summed E-state index contributed by atoms with van der Waals surface area (Å²) in [5.41, 5.74) is 3.06. The number of furan rings is 1. The van der Waals surface area contributed by atoms with Gasteiger partial charge in [0.2, 0.25) is 5.75 Å². The highest BCUT2D eigenvalue weighted by Crippen LogP contribution is 2.37. The third-order valence-electron chi connectivity index (χ3n) is 3.03. The van der Waals surface area contributed by atoms with Crippen LogP contribution in [0.2, 0.25) is 0 Å². The lowest BCUT2D eigenvalue weighted by molar-refractivity contribution is 0.0926. The topological polar surface area (TPSA) is 82.3 Å². The van der Waals surface area contributed by atoms with Crippen LogP contribution in [0.1, 0.15) is 21.9 Å². The van der Waals surface area contributed by atoms with E-state index in [1.54, 1.807) is 31.2 Å². The molecule has 1 aromatic carbocycles. The van der Waals surface area contributed by atoms with E-state index >= 15 is 0 Å². The monoisotopic (exact) mass is 318 g/mol. The number of benzene rings is 1. The van der Waals surface area contributed by atoms with Gasteiger partial charge in [-0.05, 0) is 31.2 Å². The molecule has 1 N–H and O–H groups in total. The van der Waals surface area contributed by atoms with Gasteiger partial charge in [0, 0.05) is 5.56 Å². The SMILES string of the molecule is COc1cc(/C=N/NC(=O)c2ccc(C)o2)cc(OC)c1OC. The molecule has 122 valence electrons. The third-order valence-corrected chi connectivity index (χ3v) is 3.03. The Morgan fingerprint density at radius 1 is 1.13 bits per heavy atom. The van der Waals surface area contributed by atoms with Crippen molar-refractivity contribution in [3.8, 4) is 17.2 Å². The molecule has 0 aliphatic carbocycles. The van der Waals surface area contributed by atoms with Crippen molar-refractivity contribution in [2.24, 2.45) is 5.10 Å². The fourth-order valence-electron chi connectivity index (χ4n) is 1.95. The van der Waals surface area contributed by atoms with E-state index in [1.807, 2.05) is 0 Å². The van der Waals surface area contributed by atoms with Crippen LogP contribution in [0.5, 0.6) is 17.2 Å². The number of amides is 1. The van der Waals surface area contributed by atoms with Gasteiger partial charge in [0.05, 0.1) is 27.5 Å². The average Bonchev–Trinajstić information content (AvgIpc) is 3.00. The molecule has 0 saturated carbocycles. The van der Waals surface area contributed by atoms with Crippen LogP contribution in [-0.4, -0.2) is 33.5 Å². The first-order valence-electron chi connectivity index (χ1n) is 6.79. The summed E-state index contributed by atoms with van der Waals surface area (Å²) in [7, 11) is 4.58. The molecule has 0 aliphatic heterocycles. The highest BCUT2D eigenvalue weighted by Gasteiger charge is 2.12. The van der Waals surface area contributed by atoms with Gasteiger partial charge < -0.3 is 18.6 Å². The Morgan fingerprint density at radius 3 is 2.26 bits per heavy atom. The van der Waals surface area contributed by atoms with Crippen molar-refractivity contribution in [3.05, 3.63) is 41.3 Å². The smallest absolute Gasteiger partial charge is 0.307 e. The van der Waals surface area contributed by atoms with E-state index < -0.39 is 5.91 Å². The lowest BCUT2D eigenvalue weighted by Gasteiger charge is -2.12. The van der Waals surface area contributed by atoms with Gasteiger partial charge in [-0.1, -0.05) is 0 Å². The first kappa shape index (κ1) is 16.4. The first-order chi connectivity index (χ1) is 11.1. The van der Waals surface area contributed by atoms with Crippen molar-refractivity contribution >= 4 is 12.1 Å². The fourth-order valence-corrected chi connectivity index (χ4v) is 1.95. The summed E-state index contributed by atoms with van der Waals surface area (Å²) < 4.78 is 20.9. The number of carbonyl (C=O) groups is 1. The predicted octanol–water partition coefficient (Wildman–Crippen LogP) is 2.38. The van der Waals surface area contributed by atoms with Gasteiger partial charge in [-0.2, -0.15) is 5.10 Å². The van der Waals surface area contributed by atoms with Crippen molar-refractivity contribution in [1.82, 2.24) is 5.43 Å². The Bertz CT molecular complexity index is 696. The van der Waals surface area contributed by atoms with Gasteiger partial charge >= 0.3 is 5.91 Å². The van der Waals surface area contributed by atoms with Crippen LogP contribution in [0.25, 0.3) is 0 Å². The molecule has 0 radical (unpaired) electrons. The van der Waals surface area contributed by atoms with E-state index in [0.717, 1.165) is 0 Å². The zero-order valence-electron chi connectivity index (χ0n) is 13.4. The number of ether oxygens (including phenoxy) is 3. The number of nitrogens with one attached hydrogen (secondary N) is 1. The standard InChI is InChI=1S/C16H18N2O5/c1-10-5-6-12(23-10)16(19)18-17-9-11-7-13(20-2)15(22-4)14(8-11)21-3/h5-9H,1-4H3,(H,18,19)/b17-9+. The minimum absolute atomic E-state index is 0.199. The van der Waals surface area contributed by atoms with Crippen LogP contribution in [0.4, 0.5) is 0 Å². The second-order valence-corrected chi connectivity index (χ2v) is 4.57. The molecule has 0 bridgehead atoms. The van der Waals surface area contributed by atoms with Gasteiger partial charge in [-0.15, -0.1) is 0 Å². The quantitative estimate of drug-likeness (QED) is 0.653. The first-order valence-corrected chi connectivity index (χ1v) is 6.79. The maximum absolute atomic E-state index is 11.8. The lowest BCUT2D eigenvalue weighted by Crippen LogP contribution is -2.16. The number of hydrazone groups is 1. The van der Waals surface area contributed by atoms with Crippen LogP contribution in [0.3, 0.4) is 0 Å². The van der Waals surface area contributed by atoms with E-state index in [-0.39, 0.29) is 5.76 Å². The number of hydrogen-bond donors (Lipinski definition) is 1. The van der Waals surface area contributed by atoms with Gasteiger partial charge in [-0.25, -0.2) is 5.43 Å². The molecule has 0 atom stereocenters. The fraction of sp³-hybridized carbons (Fsp3) is 0.250. The van der Waals surface area contributed by atoms with Crippen LogP contribution >= 0.6 is 0 Å². The Labute approximate surface area is 133 Å². The molecule has 1 amide bonds. The number of aryl methyl sites for hydroxylation is 1. The van der Waals surface area contributed by atoms with E-state index in [9.17, 15) is 4.79 Å². The number of methoxy groups -OCH3 is 3. The molecule has 1 aromatic heterocycles. The lowest BCUT2D eigenvalue weighted by atomic mass is 10.2. The van der Waals surface area contributed by atoms with Crippen LogP contribution in [0.15, 0.2) is 33.8 Å². The summed E-state index contributed by atoms with van der Waals surface area (Å²) in [4.78, 5) is 11.8. The highest BCUT2D eigenvalue weighted by molar-refractivity contribution is 5.92. The molecule has 0 unspecified atom stereocenters. The normalized spacial score (nSPS) is 10.6. The summed E-state index contributed by atoms with van der Waals surface area (Å²) in [6.45, 7) is 1.76. The largest absolute Gasteiger partial charge is 0.493 e. The van der Waals surface area contributed by atoms with Crippen molar-refractivity contribution in [3.63, 3.8) is 0 Å². The molecule has 0 fully saturated rings. The maximum atomic E-state index is 11.8. The number of hydrogen-bond acceptors (Lipinski definition) is 6. The van der Waals surface area contributed by atoms with E-state index in [2.05, 4.69) is 10.5 Å². The molecular formula is C16H18N2O5. The van der Waals surface area contributed by atoms with Crippen LogP contribution in [-0.2, 0) is 0 Å². The minimum atomic E-state index is -0.429. The third kappa shape index (κ3) is 3.82. The zero-order chi connectivity index (χ0) is 16.8. The molecule has 0 aliphatic rings. The molecule has 1 heterocycles. The van der Waals surface area contributed by atoms with E-state index in [4.69, 9.17) is 18.6 Å². The highest BCUT2D eigenvalue weighted by atomic mass is 16.5. The van der Waals surface area contributed by atoms with E-state index in [0.29, 0.717) is 28.6 Å². The maximum Gasteiger partial charge on any atom is 0.307 e. The second-order valence-electron chi connectivity index (χ2n) is 4.57. The minimum Gasteiger partial charge on any atom is -0.493 e. The van der Waals surface area contributed by atoms with Gasteiger partial charge in [-0.3, -0.25) is 4.79 Å². The van der Waals surface area contributed by atoms with Gasteiger partial charge in [0.15, 0.2) is 17.3 Å². The average molecular weight is 318 g/mol. The molecule has 0 saturated heterocycles. The van der Waals surface area contributed by atoms with Crippen molar-refractivity contribution in [2.45, 2.75) is 6.92 Å². The number of rotatable bonds is 6. The molecule has 2 rings (SSSR count). The zero-order valence-corrected chi connectivity index (χ0v) is 13.4. The predicted molar refractivity (Wildman–Crippen MR) is 84.6 cm³/mol. The number of carbonyl (C=O) groups excluding carboxylic acids is 1. The summed E-state index contributed by atoms with van der Waals surface area (Å²) in [5, 5.41) is 3.90. The molecule has 0 spiro atoms. The molecular weight excluding hydrogens is 300 g/mol. The summed E-state index contributed by atoms with van der Waals surface area (Å²) >= 11 is 0. The van der Waals surface area contributed by atoms with E-state index in [1.165, 1.54) is 27.5 Å². The number of nitrogens with zero attached hydrogens (tertiary/aromatic N) is 1. The van der Waals surface area contributed by atoms with Crippen molar-refractivity contribution in [2.75, 3.05) is 21.3 Å². The molecule has 2 aromatic rings. The summed E-state index contributed by atoms with van der Waals surface area (Å²) in [5.74, 6) is 1.92. The Morgan fingerprint density at radius 2 is 1.78 bits per heavy atom. The van der Waals surface area contributed by atoms with Gasteiger partial charge in [0.25, 0.3) is 0 Å². The van der Waals surface area contributed by atoms with Gasteiger partial charge in [0.1, 0.15) is 5.76 Å². The molecule has 7 nitrogen and oxygen atoms in total. The summed E-state index contributed by atoms with van der Waals surface area (Å²) in [6, 6.07) is 6.72. The Kier molecular flexibility index (Phi) is 5.24. The van der Waals surface area contributed by atoms with Crippen molar-refractivity contribution in [1.29, 1.82) is 0 Å². The van der Waals surface area contributed by atoms with Crippen LogP contribution in [0, 0.1) is 6.92 Å². The molecule has 7 heteroatoms. The molecule has 23 heavy (non-hydrogen) atoms. The van der Waals surface area contributed by atoms with Crippen LogP contribution < -0.4 is 19.6 Å². The Hall–Kier alpha value is -2.96. The Balaban J connectivity index is 2.14. The second kappa shape index (κ2) is 7.35. The van der Waals surface area contributed by atoms with Crippen molar-refractivity contribution < 1.29 is 23.4 Å².